The van der Waals surface area contributed by atoms with E-state index in [2.05, 4.69) is 5.10 Å². The molecule has 5 heteroatoms. The van der Waals surface area contributed by atoms with Crippen LogP contribution in [0.4, 0.5) is 0 Å². The van der Waals surface area contributed by atoms with Gasteiger partial charge in [-0.25, -0.2) is 0 Å². The zero-order chi connectivity index (χ0) is 11.6. The van der Waals surface area contributed by atoms with E-state index in [9.17, 15) is 0 Å². The molecule has 0 aromatic carbocycles. The molecule has 1 atom stereocenters. The maximum Gasteiger partial charge on any atom is 0.163 e. The van der Waals surface area contributed by atoms with Crippen molar-refractivity contribution < 1.29 is 14.6 Å². The summed E-state index contributed by atoms with van der Waals surface area (Å²) in [7, 11) is 0. The molecule has 2 rings (SSSR count). The average Bonchev–Trinajstić information content (AvgIpc) is 2.81. The van der Waals surface area contributed by atoms with Crippen molar-refractivity contribution >= 4 is 0 Å². The predicted molar refractivity (Wildman–Crippen MR) is 57.7 cm³/mol. The monoisotopic (exact) mass is 226 g/mol. The Balaban J connectivity index is 1.80. The summed E-state index contributed by atoms with van der Waals surface area (Å²) in [4.78, 5) is 0. The fourth-order valence-electron chi connectivity index (χ4n) is 1.79. The van der Waals surface area contributed by atoms with E-state index in [0.29, 0.717) is 6.61 Å². The van der Waals surface area contributed by atoms with E-state index in [1.807, 2.05) is 24.7 Å². The van der Waals surface area contributed by atoms with Gasteiger partial charge >= 0.3 is 0 Å². The zero-order valence-corrected chi connectivity index (χ0v) is 9.72. The van der Waals surface area contributed by atoms with Crippen molar-refractivity contribution in [2.24, 2.45) is 0 Å². The Kier molecular flexibility index (Phi) is 3.28. The third kappa shape index (κ3) is 2.81. The third-order valence-corrected chi connectivity index (χ3v) is 2.62. The van der Waals surface area contributed by atoms with Crippen molar-refractivity contribution in [1.29, 1.82) is 0 Å². The van der Waals surface area contributed by atoms with Gasteiger partial charge in [0, 0.05) is 18.3 Å². The van der Waals surface area contributed by atoms with E-state index in [0.717, 1.165) is 18.5 Å². The number of aliphatic hydroxyl groups excluding tert-OH is 1. The standard InChI is InChI=1S/C11H18N2O3/c1-11(2)15-8-10(16-11)3-4-13-6-9(7-14)5-12-13/h5-6,10,14H,3-4,7-8H2,1-2H3. The third-order valence-electron chi connectivity index (χ3n) is 2.62. The van der Waals surface area contributed by atoms with Gasteiger partial charge in [0.25, 0.3) is 0 Å². The molecule has 90 valence electrons. The van der Waals surface area contributed by atoms with Crippen LogP contribution in [0.3, 0.4) is 0 Å². The highest BCUT2D eigenvalue weighted by Crippen LogP contribution is 2.24. The molecule has 1 fully saturated rings. The molecule has 1 aromatic heterocycles. The molecule has 0 radical (unpaired) electrons. The average molecular weight is 226 g/mol. The first-order chi connectivity index (χ1) is 7.59. The first-order valence-corrected chi connectivity index (χ1v) is 5.53. The van der Waals surface area contributed by atoms with Gasteiger partial charge < -0.3 is 14.6 Å². The quantitative estimate of drug-likeness (QED) is 0.829. The van der Waals surface area contributed by atoms with Crippen LogP contribution >= 0.6 is 0 Å². The minimum absolute atomic E-state index is 0.0378. The van der Waals surface area contributed by atoms with Gasteiger partial charge in [0.1, 0.15) is 0 Å². The van der Waals surface area contributed by atoms with E-state index >= 15 is 0 Å². The number of ether oxygens (including phenoxy) is 2. The molecule has 0 spiro atoms. The second-order valence-corrected chi connectivity index (χ2v) is 4.51. The largest absolute Gasteiger partial charge is 0.392 e. The Labute approximate surface area is 95.0 Å². The number of hydrogen-bond donors (Lipinski definition) is 1. The Morgan fingerprint density at radius 1 is 1.62 bits per heavy atom. The molecule has 16 heavy (non-hydrogen) atoms. The number of aliphatic hydroxyl groups is 1. The first kappa shape index (κ1) is 11.6. The number of rotatable bonds is 4. The van der Waals surface area contributed by atoms with E-state index in [-0.39, 0.29) is 12.7 Å². The van der Waals surface area contributed by atoms with Crippen molar-refractivity contribution in [2.75, 3.05) is 6.61 Å². The smallest absolute Gasteiger partial charge is 0.163 e. The van der Waals surface area contributed by atoms with E-state index < -0.39 is 5.79 Å². The lowest BCUT2D eigenvalue weighted by atomic mass is 10.2. The minimum Gasteiger partial charge on any atom is -0.392 e. The van der Waals surface area contributed by atoms with Crippen LogP contribution in [-0.4, -0.2) is 33.4 Å². The lowest BCUT2D eigenvalue weighted by molar-refractivity contribution is -0.139. The Hall–Kier alpha value is -0.910. The SMILES string of the molecule is CC1(C)OCC(CCn2cc(CO)cn2)O1. The van der Waals surface area contributed by atoms with Gasteiger partial charge in [-0.3, -0.25) is 4.68 Å². The van der Waals surface area contributed by atoms with Crippen LogP contribution < -0.4 is 0 Å². The van der Waals surface area contributed by atoms with Gasteiger partial charge in [0.05, 0.1) is 25.5 Å². The van der Waals surface area contributed by atoms with Crippen LogP contribution in [0, 0.1) is 0 Å². The number of aryl methyl sites for hydroxylation is 1. The fraction of sp³-hybridized carbons (Fsp3) is 0.727. The number of nitrogens with zero attached hydrogens (tertiary/aromatic N) is 2. The Bertz CT molecular complexity index is 349. The molecule has 1 aliphatic rings. The maximum atomic E-state index is 8.90. The Morgan fingerprint density at radius 3 is 3.00 bits per heavy atom. The molecule has 5 nitrogen and oxygen atoms in total. The zero-order valence-electron chi connectivity index (χ0n) is 9.72. The van der Waals surface area contributed by atoms with Crippen LogP contribution in [0.1, 0.15) is 25.8 Å². The van der Waals surface area contributed by atoms with Gasteiger partial charge in [-0.05, 0) is 20.3 Å². The fourth-order valence-corrected chi connectivity index (χ4v) is 1.79. The van der Waals surface area contributed by atoms with Crippen LogP contribution in [0.25, 0.3) is 0 Å². The highest BCUT2D eigenvalue weighted by molar-refractivity contribution is 5.01. The molecular weight excluding hydrogens is 208 g/mol. The van der Waals surface area contributed by atoms with Gasteiger partial charge in [0.15, 0.2) is 5.79 Å². The number of aromatic nitrogens is 2. The van der Waals surface area contributed by atoms with Crippen molar-refractivity contribution in [1.82, 2.24) is 9.78 Å². The van der Waals surface area contributed by atoms with E-state index in [1.165, 1.54) is 0 Å². The highest BCUT2D eigenvalue weighted by atomic mass is 16.7. The molecular formula is C11H18N2O3. The highest BCUT2D eigenvalue weighted by Gasteiger charge is 2.32. The number of hydrogen-bond acceptors (Lipinski definition) is 4. The molecule has 1 aromatic rings. The summed E-state index contributed by atoms with van der Waals surface area (Å²) in [6.45, 7) is 5.30. The van der Waals surface area contributed by atoms with Crippen LogP contribution in [0.15, 0.2) is 12.4 Å². The summed E-state index contributed by atoms with van der Waals surface area (Å²) in [6.07, 6.45) is 4.53. The summed E-state index contributed by atoms with van der Waals surface area (Å²) < 4.78 is 13.0. The van der Waals surface area contributed by atoms with Gasteiger partial charge in [0.2, 0.25) is 0 Å². The lowest BCUT2D eigenvalue weighted by Crippen LogP contribution is -2.22. The summed E-state index contributed by atoms with van der Waals surface area (Å²) in [5, 5.41) is 13.0. The summed E-state index contributed by atoms with van der Waals surface area (Å²) in [6, 6.07) is 0. The Morgan fingerprint density at radius 2 is 2.44 bits per heavy atom. The molecule has 0 amide bonds. The molecule has 1 saturated heterocycles. The maximum absolute atomic E-state index is 8.90. The van der Waals surface area contributed by atoms with Gasteiger partial charge in [-0.1, -0.05) is 0 Å². The van der Waals surface area contributed by atoms with E-state index in [4.69, 9.17) is 14.6 Å². The summed E-state index contributed by atoms with van der Waals surface area (Å²) >= 11 is 0. The molecule has 0 bridgehead atoms. The minimum atomic E-state index is -0.453. The van der Waals surface area contributed by atoms with Crippen LogP contribution in [0.2, 0.25) is 0 Å². The molecule has 0 aliphatic carbocycles. The normalized spacial score (nSPS) is 23.8. The lowest BCUT2D eigenvalue weighted by Gasteiger charge is -2.16. The first-order valence-electron chi connectivity index (χ1n) is 5.53. The molecule has 0 saturated carbocycles. The molecule has 1 unspecified atom stereocenters. The molecule has 1 aliphatic heterocycles. The van der Waals surface area contributed by atoms with Crippen molar-refractivity contribution in [3.05, 3.63) is 18.0 Å². The predicted octanol–water partition coefficient (Wildman–Crippen LogP) is 0.917. The van der Waals surface area contributed by atoms with Gasteiger partial charge in [-0.15, -0.1) is 0 Å². The van der Waals surface area contributed by atoms with Crippen molar-refractivity contribution in [2.45, 2.75) is 45.3 Å². The topological polar surface area (TPSA) is 56.5 Å². The van der Waals surface area contributed by atoms with E-state index in [1.54, 1.807) is 6.20 Å². The van der Waals surface area contributed by atoms with Crippen molar-refractivity contribution in [3.63, 3.8) is 0 Å². The second-order valence-electron chi connectivity index (χ2n) is 4.51. The summed E-state index contributed by atoms with van der Waals surface area (Å²) in [5.74, 6) is -0.453. The van der Waals surface area contributed by atoms with Gasteiger partial charge in [-0.2, -0.15) is 5.10 Å². The second kappa shape index (κ2) is 4.53. The summed E-state index contributed by atoms with van der Waals surface area (Å²) in [5.41, 5.74) is 0.837. The molecule has 1 N–H and O–H groups in total. The van der Waals surface area contributed by atoms with Crippen LogP contribution in [0.5, 0.6) is 0 Å². The van der Waals surface area contributed by atoms with Crippen molar-refractivity contribution in [3.8, 4) is 0 Å². The molecule has 2 heterocycles. The van der Waals surface area contributed by atoms with Crippen LogP contribution in [-0.2, 0) is 22.6 Å².